The molecule has 1 amide bonds. The maximum atomic E-state index is 12.1. The Hall–Kier alpha value is -1.42. The van der Waals surface area contributed by atoms with Crippen LogP contribution in [0.5, 0.6) is 0 Å². The fraction of sp³-hybridized carbons (Fsp3) is 0.500. The second kappa shape index (κ2) is 5.92. The monoisotopic (exact) mass is 288 g/mol. The molecule has 3 rings (SSSR count). The van der Waals surface area contributed by atoms with Crippen molar-refractivity contribution >= 4 is 33.1 Å². The lowest BCUT2D eigenvalue weighted by Crippen LogP contribution is -2.18. The molecule has 0 spiro atoms. The lowest BCUT2D eigenvalue weighted by molar-refractivity contribution is -0.117. The average molecular weight is 288 g/mol. The van der Waals surface area contributed by atoms with E-state index in [1.807, 2.05) is 25.1 Å². The third-order valence-corrected chi connectivity index (χ3v) is 4.91. The molecule has 0 bridgehead atoms. The van der Waals surface area contributed by atoms with Gasteiger partial charge in [0.25, 0.3) is 0 Å². The van der Waals surface area contributed by atoms with Gasteiger partial charge in [-0.15, -0.1) is 11.3 Å². The predicted octanol–water partition coefficient (Wildman–Crippen LogP) is 4.51. The minimum Gasteiger partial charge on any atom is -0.326 e. The first kappa shape index (κ1) is 13.6. The second-order valence-corrected chi connectivity index (χ2v) is 6.91. The van der Waals surface area contributed by atoms with Crippen molar-refractivity contribution in [3.05, 3.63) is 23.2 Å². The van der Waals surface area contributed by atoms with E-state index in [1.165, 1.54) is 32.1 Å². The number of carbonyl (C=O) groups is 1. The molecule has 2 aromatic rings. The minimum absolute atomic E-state index is 0.150. The van der Waals surface area contributed by atoms with Gasteiger partial charge in [0, 0.05) is 12.1 Å². The summed E-state index contributed by atoms with van der Waals surface area (Å²) in [4.78, 5) is 16.5. The van der Waals surface area contributed by atoms with Gasteiger partial charge in [0.15, 0.2) is 0 Å². The van der Waals surface area contributed by atoms with Crippen LogP contribution in [-0.4, -0.2) is 10.9 Å². The molecule has 1 N–H and O–H groups in total. The van der Waals surface area contributed by atoms with Crippen LogP contribution in [0, 0.1) is 12.8 Å². The second-order valence-electron chi connectivity index (χ2n) is 5.67. The number of nitrogens with one attached hydrogen (secondary N) is 1. The van der Waals surface area contributed by atoms with Crippen LogP contribution in [0.3, 0.4) is 0 Å². The van der Waals surface area contributed by atoms with Crippen LogP contribution in [0.1, 0.15) is 43.5 Å². The van der Waals surface area contributed by atoms with E-state index in [0.29, 0.717) is 12.3 Å². The van der Waals surface area contributed by atoms with Gasteiger partial charge in [0.05, 0.1) is 15.2 Å². The molecule has 3 nitrogen and oxygen atoms in total. The highest BCUT2D eigenvalue weighted by molar-refractivity contribution is 7.18. The SMILES string of the molecule is Cc1nc2ccc(NC(=O)CC3CCCCC3)cc2s1. The van der Waals surface area contributed by atoms with Crippen molar-refractivity contribution in [2.24, 2.45) is 5.92 Å². The summed E-state index contributed by atoms with van der Waals surface area (Å²) in [5, 5.41) is 4.09. The van der Waals surface area contributed by atoms with Gasteiger partial charge in [-0.25, -0.2) is 4.98 Å². The molecule has 106 valence electrons. The molecule has 0 unspecified atom stereocenters. The van der Waals surface area contributed by atoms with Crippen LogP contribution < -0.4 is 5.32 Å². The molecule has 4 heteroatoms. The Morgan fingerprint density at radius 3 is 2.95 bits per heavy atom. The fourth-order valence-corrected chi connectivity index (χ4v) is 3.85. The number of hydrogen-bond acceptors (Lipinski definition) is 3. The number of aryl methyl sites for hydroxylation is 1. The number of benzene rings is 1. The van der Waals surface area contributed by atoms with E-state index in [-0.39, 0.29) is 5.91 Å². The number of anilines is 1. The van der Waals surface area contributed by atoms with Crippen molar-refractivity contribution in [3.8, 4) is 0 Å². The molecule has 1 aromatic heterocycles. The van der Waals surface area contributed by atoms with Crippen molar-refractivity contribution < 1.29 is 4.79 Å². The van der Waals surface area contributed by atoms with Gasteiger partial charge in [-0.3, -0.25) is 4.79 Å². The maximum Gasteiger partial charge on any atom is 0.224 e. The van der Waals surface area contributed by atoms with Crippen LogP contribution in [0.25, 0.3) is 10.2 Å². The van der Waals surface area contributed by atoms with Crippen LogP contribution >= 0.6 is 11.3 Å². The molecule has 20 heavy (non-hydrogen) atoms. The number of aromatic nitrogens is 1. The lowest BCUT2D eigenvalue weighted by Gasteiger charge is -2.20. The van der Waals surface area contributed by atoms with Gasteiger partial charge in [0.1, 0.15) is 0 Å². The number of fused-ring (bicyclic) bond motifs is 1. The molecular formula is C16H20N2OS. The van der Waals surface area contributed by atoms with Crippen LogP contribution in [0.4, 0.5) is 5.69 Å². The quantitative estimate of drug-likeness (QED) is 0.902. The van der Waals surface area contributed by atoms with Crippen LogP contribution in [-0.2, 0) is 4.79 Å². The van der Waals surface area contributed by atoms with Crippen LogP contribution in [0.15, 0.2) is 18.2 Å². The zero-order valence-corrected chi connectivity index (χ0v) is 12.6. The topological polar surface area (TPSA) is 42.0 Å². The van der Waals surface area contributed by atoms with Crippen LogP contribution in [0.2, 0.25) is 0 Å². The van der Waals surface area contributed by atoms with Gasteiger partial charge >= 0.3 is 0 Å². The minimum atomic E-state index is 0.150. The summed E-state index contributed by atoms with van der Waals surface area (Å²) in [5.41, 5.74) is 1.90. The molecule has 0 atom stereocenters. The molecule has 0 radical (unpaired) electrons. The van der Waals surface area contributed by atoms with Gasteiger partial charge in [-0.05, 0) is 43.9 Å². The molecule has 1 aliphatic carbocycles. The van der Waals surface area contributed by atoms with E-state index in [0.717, 1.165) is 20.9 Å². The fourth-order valence-electron chi connectivity index (χ4n) is 2.98. The Morgan fingerprint density at radius 2 is 2.15 bits per heavy atom. The summed E-state index contributed by atoms with van der Waals surface area (Å²) in [6.07, 6.45) is 6.98. The first-order valence-electron chi connectivity index (χ1n) is 7.38. The highest BCUT2D eigenvalue weighted by Crippen LogP contribution is 2.28. The van der Waals surface area contributed by atoms with Crippen molar-refractivity contribution in [2.45, 2.75) is 45.4 Å². The summed E-state index contributed by atoms with van der Waals surface area (Å²) < 4.78 is 1.14. The number of rotatable bonds is 3. The van der Waals surface area contributed by atoms with Crippen molar-refractivity contribution in [2.75, 3.05) is 5.32 Å². The average Bonchev–Trinajstić information content (AvgIpc) is 2.79. The summed E-state index contributed by atoms with van der Waals surface area (Å²) in [7, 11) is 0. The van der Waals surface area contributed by atoms with E-state index < -0.39 is 0 Å². The summed E-state index contributed by atoms with van der Waals surface area (Å²) in [5.74, 6) is 0.732. The Kier molecular flexibility index (Phi) is 4.01. The largest absolute Gasteiger partial charge is 0.326 e. The normalized spacial score (nSPS) is 16.4. The van der Waals surface area contributed by atoms with Gasteiger partial charge in [-0.2, -0.15) is 0 Å². The number of amides is 1. The van der Waals surface area contributed by atoms with Gasteiger partial charge in [-0.1, -0.05) is 19.3 Å². The first-order valence-corrected chi connectivity index (χ1v) is 8.19. The third kappa shape index (κ3) is 3.18. The zero-order valence-electron chi connectivity index (χ0n) is 11.8. The first-order chi connectivity index (χ1) is 9.70. The predicted molar refractivity (Wildman–Crippen MR) is 84.2 cm³/mol. The molecule has 0 aliphatic heterocycles. The summed E-state index contributed by atoms with van der Waals surface area (Å²) in [6, 6.07) is 5.95. The molecule has 1 heterocycles. The Balaban J connectivity index is 1.64. The Labute approximate surface area is 123 Å². The van der Waals surface area contributed by atoms with E-state index in [4.69, 9.17) is 0 Å². The number of carbonyl (C=O) groups excluding carboxylic acids is 1. The van der Waals surface area contributed by atoms with Crippen molar-refractivity contribution in [3.63, 3.8) is 0 Å². The van der Waals surface area contributed by atoms with E-state index in [9.17, 15) is 4.79 Å². The summed E-state index contributed by atoms with van der Waals surface area (Å²) >= 11 is 1.67. The van der Waals surface area contributed by atoms with Crippen molar-refractivity contribution in [1.29, 1.82) is 0 Å². The van der Waals surface area contributed by atoms with E-state index in [1.54, 1.807) is 11.3 Å². The molecule has 1 aliphatic rings. The third-order valence-electron chi connectivity index (χ3n) is 3.98. The van der Waals surface area contributed by atoms with E-state index >= 15 is 0 Å². The Bertz CT molecular complexity index is 614. The molecule has 0 saturated heterocycles. The van der Waals surface area contributed by atoms with Crippen molar-refractivity contribution in [1.82, 2.24) is 4.98 Å². The molecule has 1 saturated carbocycles. The maximum absolute atomic E-state index is 12.1. The Morgan fingerprint density at radius 1 is 1.35 bits per heavy atom. The highest BCUT2D eigenvalue weighted by Gasteiger charge is 2.17. The lowest BCUT2D eigenvalue weighted by atomic mass is 9.87. The number of nitrogens with zero attached hydrogens (tertiary/aromatic N) is 1. The van der Waals surface area contributed by atoms with E-state index in [2.05, 4.69) is 10.3 Å². The highest BCUT2D eigenvalue weighted by atomic mass is 32.1. The molecular weight excluding hydrogens is 268 g/mol. The summed E-state index contributed by atoms with van der Waals surface area (Å²) in [6.45, 7) is 2.01. The number of hydrogen-bond donors (Lipinski definition) is 1. The zero-order chi connectivity index (χ0) is 13.9. The van der Waals surface area contributed by atoms with Gasteiger partial charge in [0.2, 0.25) is 5.91 Å². The smallest absolute Gasteiger partial charge is 0.224 e. The number of thiazole rings is 1. The molecule has 1 fully saturated rings. The van der Waals surface area contributed by atoms with Gasteiger partial charge < -0.3 is 5.32 Å². The molecule has 1 aromatic carbocycles. The standard InChI is InChI=1S/C16H20N2OS/c1-11-17-14-8-7-13(10-15(14)20-11)18-16(19)9-12-5-3-2-4-6-12/h7-8,10,12H,2-6,9H2,1H3,(H,18,19).